The van der Waals surface area contributed by atoms with Crippen molar-refractivity contribution in [2.24, 2.45) is 5.92 Å². The lowest BCUT2D eigenvalue weighted by Gasteiger charge is -2.25. The van der Waals surface area contributed by atoms with Crippen LogP contribution in [0.5, 0.6) is 0 Å². The van der Waals surface area contributed by atoms with Crippen LogP contribution in [0.15, 0.2) is 24.5 Å². The minimum atomic E-state index is -0.0450. The maximum Gasteiger partial charge on any atom is 0.0540 e. The van der Waals surface area contributed by atoms with Crippen LogP contribution < -0.4 is 5.32 Å². The quantitative estimate of drug-likeness (QED) is 0.812. The Morgan fingerprint density at radius 1 is 1.19 bits per heavy atom. The molecule has 2 N–H and O–H groups in total. The highest BCUT2D eigenvalue weighted by atomic mass is 16.3. The second-order valence-corrected chi connectivity index (χ2v) is 4.66. The van der Waals surface area contributed by atoms with Gasteiger partial charge in [-0.25, -0.2) is 0 Å². The molecule has 1 aliphatic rings. The van der Waals surface area contributed by atoms with Crippen molar-refractivity contribution in [2.45, 2.75) is 38.3 Å². The molecule has 2 rings (SSSR count). The molecule has 88 valence electrons. The largest absolute Gasteiger partial charge is 0.393 e. The first kappa shape index (κ1) is 11.6. The zero-order valence-corrected chi connectivity index (χ0v) is 9.60. The van der Waals surface area contributed by atoms with E-state index in [4.69, 9.17) is 0 Å². The molecule has 1 saturated carbocycles. The summed E-state index contributed by atoms with van der Waals surface area (Å²) in [7, 11) is 0. The lowest BCUT2D eigenvalue weighted by atomic mass is 9.87. The van der Waals surface area contributed by atoms with E-state index in [1.807, 2.05) is 24.5 Å². The number of aliphatic hydroxyl groups excluding tert-OH is 1. The summed E-state index contributed by atoms with van der Waals surface area (Å²) in [6.07, 6.45) is 7.87. The fourth-order valence-electron chi connectivity index (χ4n) is 2.27. The minimum Gasteiger partial charge on any atom is -0.393 e. The van der Waals surface area contributed by atoms with E-state index < -0.39 is 0 Å². The van der Waals surface area contributed by atoms with E-state index >= 15 is 0 Å². The zero-order valence-electron chi connectivity index (χ0n) is 9.60. The Hall–Kier alpha value is -0.930. The predicted octanol–water partition coefficient (Wildman–Crippen LogP) is 1.72. The monoisotopic (exact) mass is 220 g/mol. The fourth-order valence-corrected chi connectivity index (χ4v) is 2.27. The van der Waals surface area contributed by atoms with Crippen molar-refractivity contribution in [3.8, 4) is 0 Å². The number of aliphatic hydroxyl groups is 1. The molecule has 0 bridgehead atoms. The van der Waals surface area contributed by atoms with E-state index in [0.29, 0.717) is 0 Å². The van der Waals surface area contributed by atoms with Gasteiger partial charge < -0.3 is 10.4 Å². The standard InChI is InChI=1S/C13H20N2O/c16-13-3-1-11(2-4-13)9-15-10-12-5-7-14-8-6-12/h5-8,11,13,15-16H,1-4,9-10H2. The van der Waals surface area contributed by atoms with Gasteiger partial charge in [0.25, 0.3) is 0 Å². The van der Waals surface area contributed by atoms with Gasteiger partial charge >= 0.3 is 0 Å². The van der Waals surface area contributed by atoms with Crippen LogP contribution in [0.25, 0.3) is 0 Å². The molecule has 3 heteroatoms. The summed E-state index contributed by atoms with van der Waals surface area (Å²) in [6, 6.07) is 4.08. The predicted molar refractivity (Wildman–Crippen MR) is 63.9 cm³/mol. The van der Waals surface area contributed by atoms with Gasteiger partial charge in [-0.05, 0) is 55.8 Å². The van der Waals surface area contributed by atoms with Gasteiger partial charge in [0.05, 0.1) is 6.10 Å². The molecule has 0 aromatic carbocycles. The minimum absolute atomic E-state index is 0.0450. The normalized spacial score (nSPS) is 25.6. The summed E-state index contributed by atoms with van der Waals surface area (Å²) in [5.74, 6) is 0.741. The average molecular weight is 220 g/mol. The third-order valence-electron chi connectivity index (χ3n) is 3.33. The second kappa shape index (κ2) is 5.97. The van der Waals surface area contributed by atoms with Crippen molar-refractivity contribution in [1.82, 2.24) is 10.3 Å². The van der Waals surface area contributed by atoms with E-state index in [2.05, 4.69) is 10.3 Å². The molecule has 1 aromatic heterocycles. The topological polar surface area (TPSA) is 45.1 Å². The summed E-state index contributed by atoms with van der Waals surface area (Å²) < 4.78 is 0. The number of hydrogen-bond acceptors (Lipinski definition) is 3. The number of hydrogen-bond donors (Lipinski definition) is 2. The molecule has 0 atom stereocenters. The molecule has 1 aromatic rings. The van der Waals surface area contributed by atoms with Gasteiger partial charge in [-0.15, -0.1) is 0 Å². The van der Waals surface area contributed by atoms with Crippen molar-refractivity contribution in [2.75, 3.05) is 6.54 Å². The Balaban J connectivity index is 1.65. The van der Waals surface area contributed by atoms with Gasteiger partial charge in [0.2, 0.25) is 0 Å². The fraction of sp³-hybridized carbons (Fsp3) is 0.615. The summed E-state index contributed by atoms with van der Waals surface area (Å²) >= 11 is 0. The van der Waals surface area contributed by atoms with Crippen molar-refractivity contribution < 1.29 is 5.11 Å². The SMILES string of the molecule is OC1CCC(CNCc2ccncc2)CC1. The molecule has 1 fully saturated rings. The summed E-state index contributed by atoms with van der Waals surface area (Å²) in [6.45, 7) is 1.98. The molecule has 0 saturated heterocycles. The molecule has 0 aliphatic heterocycles. The van der Waals surface area contributed by atoms with Crippen LogP contribution in [0, 0.1) is 5.92 Å². The molecule has 0 radical (unpaired) electrons. The third-order valence-corrected chi connectivity index (χ3v) is 3.33. The van der Waals surface area contributed by atoms with E-state index in [9.17, 15) is 5.11 Å². The first-order valence-corrected chi connectivity index (χ1v) is 6.12. The summed E-state index contributed by atoms with van der Waals surface area (Å²) in [4.78, 5) is 4.00. The molecule has 16 heavy (non-hydrogen) atoms. The highest BCUT2D eigenvalue weighted by Gasteiger charge is 2.18. The van der Waals surface area contributed by atoms with Gasteiger partial charge in [0.15, 0.2) is 0 Å². The molecular formula is C13H20N2O. The summed E-state index contributed by atoms with van der Waals surface area (Å²) in [5.41, 5.74) is 1.28. The second-order valence-electron chi connectivity index (χ2n) is 4.66. The van der Waals surface area contributed by atoms with Crippen molar-refractivity contribution in [1.29, 1.82) is 0 Å². The number of nitrogens with one attached hydrogen (secondary N) is 1. The van der Waals surface area contributed by atoms with Gasteiger partial charge in [-0.3, -0.25) is 4.98 Å². The number of nitrogens with zero attached hydrogens (tertiary/aromatic N) is 1. The van der Waals surface area contributed by atoms with Gasteiger partial charge in [-0.1, -0.05) is 0 Å². The maximum absolute atomic E-state index is 9.40. The maximum atomic E-state index is 9.40. The number of rotatable bonds is 4. The molecular weight excluding hydrogens is 200 g/mol. The third kappa shape index (κ3) is 3.58. The van der Waals surface area contributed by atoms with Gasteiger partial charge in [0.1, 0.15) is 0 Å². The molecule has 0 unspecified atom stereocenters. The average Bonchev–Trinajstić information content (AvgIpc) is 2.33. The lowest BCUT2D eigenvalue weighted by molar-refractivity contribution is 0.108. The number of aromatic nitrogens is 1. The van der Waals surface area contributed by atoms with E-state index in [0.717, 1.165) is 44.7 Å². The van der Waals surface area contributed by atoms with Crippen molar-refractivity contribution in [3.63, 3.8) is 0 Å². The van der Waals surface area contributed by atoms with Crippen molar-refractivity contribution >= 4 is 0 Å². The van der Waals surface area contributed by atoms with Crippen LogP contribution in [-0.2, 0) is 6.54 Å². The van der Waals surface area contributed by atoms with Crippen LogP contribution in [0.2, 0.25) is 0 Å². The van der Waals surface area contributed by atoms with Crippen molar-refractivity contribution in [3.05, 3.63) is 30.1 Å². The first-order valence-electron chi connectivity index (χ1n) is 6.12. The summed E-state index contributed by atoms with van der Waals surface area (Å²) in [5, 5.41) is 12.9. The Kier molecular flexibility index (Phi) is 4.31. The molecule has 0 amide bonds. The smallest absolute Gasteiger partial charge is 0.0540 e. The van der Waals surface area contributed by atoms with Crippen LogP contribution in [0.4, 0.5) is 0 Å². The Bertz CT molecular complexity index is 294. The molecule has 3 nitrogen and oxygen atoms in total. The Morgan fingerprint density at radius 3 is 2.56 bits per heavy atom. The highest BCUT2D eigenvalue weighted by molar-refractivity contribution is 5.08. The zero-order chi connectivity index (χ0) is 11.2. The Labute approximate surface area is 96.9 Å². The highest BCUT2D eigenvalue weighted by Crippen LogP contribution is 2.23. The van der Waals surface area contributed by atoms with Crippen LogP contribution in [0.1, 0.15) is 31.2 Å². The van der Waals surface area contributed by atoms with E-state index in [1.165, 1.54) is 5.56 Å². The number of pyridine rings is 1. The van der Waals surface area contributed by atoms with Crippen LogP contribution >= 0.6 is 0 Å². The first-order chi connectivity index (χ1) is 7.84. The van der Waals surface area contributed by atoms with Gasteiger partial charge in [-0.2, -0.15) is 0 Å². The Morgan fingerprint density at radius 2 is 1.88 bits per heavy atom. The van der Waals surface area contributed by atoms with Crippen LogP contribution in [-0.4, -0.2) is 22.7 Å². The molecule has 1 aliphatic carbocycles. The lowest BCUT2D eigenvalue weighted by Crippen LogP contribution is -2.27. The molecule has 1 heterocycles. The van der Waals surface area contributed by atoms with Crippen LogP contribution in [0.3, 0.4) is 0 Å². The molecule has 0 spiro atoms. The van der Waals surface area contributed by atoms with Gasteiger partial charge in [0, 0.05) is 18.9 Å². The van der Waals surface area contributed by atoms with E-state index in [-0.39, 0.29) is 6.10 Å². The van der Waals surface area contributed by atoms with E-state index in [1.54, 1.807) is 0 Å².